The largest absolute Gasteiger partial charge is 0.497 e. The minimum atomic E-state index is -5.30. The third kappa shape index (κ3) is 3.82. The van der Waals surface area contributed by atoms with E-state index in [0.29, 0.717) is 12.8 Å². The Morgan fingerprint density at radius 1 is 1.16 bits per heavy atom. The molecule has 1 saturated carbocycles. The van der Waals surface area contributed by atoms with Gasteiger partial charge < -0.3 is 19.7 Å². The molecule has 1 aliphatic heterocycles. The van der Waals surface area contributed by atoms with Crippen LogP contribution in [0.3, 0.4) is 0 Å². The summed E-state index contributed by atoms with van der Waals surface area (Å²) in [6, 6.07) is 4.99. The molecule has 0 spiro atoms. The van der Waals surface area contributed by atoms with E-state index in [1.165, 1.54) is 38.3 Å². The van der Waals surface area contributed by atoms with Crippen molar-refractivity contribution in [1.29, 1.82) is 0 Å². The maximum atomic E-state index is 14.6. The number of nitrogens with one attached hydrogen (secondary N) is 1. The molecule has 0 aromatic heterocycles. The monoisotopic (exact) mass is 454 g/mol. The second-order valence-corrected chi connectivity index (χ2v) is 7.85. The standard InChI is InChI=1S/C22H25F3N2O5/c1-13-17(19(29)32-3)21(22(23,24)25,20(30)27(13)15-9-5-4-6-10-15)26-18(28)14-8-7-11-16(12-14)31-2/h7-8,11-12,15H,4-6,9-10H2,1-3H3,(H,26,28)/t21-/m1/s1. The predicted octanol–water partition coefficient (Wildman–Crippen LogP) is 3.35. The lowest BCUT2D eigenvalue weighted by atomic mass is 9.88. The molecule has 10 heteroatoms. The van der Waals surface area contributed by atoms with Gasteiger partial charge in [0.1, 0.15) is 11.3 Å². The Morgan fingerprint density at radius 3 is 2.38 bits per heavy atom. The molecule has 0 unspecified atom stereocenters. The predicted molar refractivity (Wildman–Crippen MR) is 108 cm³/mol. The van der Waals surface area contributed by atoms with E-state index in [4.69, 9.17) is 4.74 Å². The van der Waals surface area contributed by atoms with Crippen LogP contribution in [0, 0.1) is 0 Å². The minimum Gasteiger partial charge on any atom is -0.497 e. The van der Waals surface area contributed by atoms with Crippen molar-refractivity contribution in [2.75, 3.05) is 14.2 Å². The van der Waals surface area contributed by atoms with Gasteiger partial charge in [-0.25, -0.2) is 4.79 Å². The Balaban J connectivity index is 2.13. The highest BCUT2D eigenvalue weighted by Gasteiger charge is 2.71. The van der Waals surface area contributed by atoms with Crippen molar-refractivity contribution in [3.63, 3.8) is 0 Å². The summed E-state index contributed by atoms with van der Waals surface area (Å²) in [7, 11) is 2.28. The van der Waals surface area contributed by atoms with Gasteiger partial charge in [0.15, 0.2) is 0 Å². The number of methoxy groups -OCH3 is 2. The van der Waals surface area contributed by atoms with Crippen molar-refractivity contribution in [3.05, 3.63) is 41.1 Å². The molecule has 174 valence electrons. The first-order valence-corrected chi connectivity index (χ1v) is 10.2. The molecule has 1 aromatic carbocycles. The number of carbonyl (C=O) groups is 3. The van der Waals surface area contributed by atoms with Crippen molar-refractivity contribution in [1.82, 2.24) is 10.2 Å². The van der Waals surface area contributed by atoms with Crippen LogP contribution in [0.5, 0.6) is 5.75 Å². The highest BCUT2D eigenvalue weighted by Crippen LogP contribution is 2.47. The number of amides is 2. The number of benzene rings is 1. The molecule has 0 radical (unpaired) electrons. The van der Waals surface area contributed by atoms with Crippen LogP contribution in [0.25, 0.3) is 0 Å². The highest BCUT2D eigenvalue weighted by atomic mass is 19.4. The average molecular weight is 454 g/mol. The molecule has 1 aromatic rings. The number of hydrogen-bond donors (Lipinski definition) is 1. The zero-order valence-electron chi connectivity index (χ0n) is 18.0. The summed E-state index contributed by atoms with van der Waals surface area (Å²) >= 11 is 0. The first-order chi connectivity index (χ1) is 15.1. The number of alkyl halides is 3. The van der Waals surface area contributed by atoms with Crippen LogP contribution in [0.2, 0.25) is 0 Å². The third-order valence-corrected chi connectivity index (χ3v) is 6.03. The zero-order valence-corrected chi connectivity index (χ0v) is 18.0. The Hall–Kier alpha value is -3.04. The van der Waals surface area contributed by atoms with Gasteiger partial charge in [0.05, 0.1) is 14.2 Å². The smallest absolute Gasteiger partial charge is 0.425 e. The van der Waals surface area contributed by atoms with E-state index in [1.807, 2.05) is 5.32 Å². The first-order valence-electron chi connectivity index (χ1n) is 10.2. The molecular weight excluding hydrogens is 429 g/mol. The van der Waals surface area contributed by atoms with Crippen LogP contribution in [-0.2, 0) is 14.3 Å². The molecule has 7 nitrogen and oxygen atoms in total. The fourth-order valence-electron chi connectivity index (χ4n) is 4.47. The first kappa shape index (κ1) is 23.6. The van der Waals surface area contributed by atoms with Gasteiger partial charge in [0.2, 0.25) is 0 Å². The van der Waals surface area contributed by atoms with Gasteiger partial charge in [-0.1, -0.05) is 25.3 Å². The fraction of sp³-hybridized carbons (Fsp3) is 0.500. The lowest BCUT2D eigenvalue weighted by Gasteiger charge is -2.36. The number of carbonyl (C=O) groups excluding carboxylic acids is 3. The van der Waals surface area contributed by atoms with Crippen molar-refractivity contribution >= 4 is 17.8 Å². The van der Waals surface area contributed by atoms with Gasteiger partial charge in [0, 0.05) is 17.3 Å². The Bertz CT molecular complexity index is 953. The second-order valence-electron chi connectivity index (χ2n) is 7.85. The van der Waals surface area contributed by atoms with Gasteiger partial charge >= 0.3 is 12.1 Å². The summed E-state index contributed by atoms with van der Waals surface area (Å²) in [6.45, 7) is 1.28. The number of rotatable bonds is 5. The number of allylic oxidation sites excluding steroid dienone is 1. The van der Waals surface area contributed by atoms with Gasteiger partial charge in [-0.3, -0.25) is 9.59 Å². The third-order valence-electron chi connectivity index (χ3n) is 6.03. The van der Waals surface area contributed by atoms with Gasteiger partial charge in [-0.05, 0) is 38.0 Å². The molecule has 1 N–H and O–H groups in total. The van der Waals surface area contributed by atoms with E-state index in [0.717, 1.165) is 31.3 Å². The number of esters is 1. The summed E-state index contributed by atoms with van der Waals surface area (Å²) in [5, 5.41) is 1.85. The minimum absolute atomic E-state index is 0.154. The van der Waals surface area contributed by atoms with Crippen molar-refractivity contribution in [3.8, 4) is 5.75 Å². The van der Waals surface area contributed by atoms with E-state index in [1.54, 1.807) is 0 Å². The molecule has 1 fully saturated rings. The van der Waals surface area contributed by atoms with Crippen molar-refractivity contribution in [2.45, 2.75) is 56.8 Å². The van der Waals surface area contributed by atoms with Gasteiger partial charge in [-0.15, -0.1) is 0 Å². The molecule has 32 heavy (non-hydrogen) atoms. The lowest BCUT2D eigenvalue weighted by molar-refractivity contribution is -0.193. The number of halogens is 3. The summed E-state index contributed by atoms with van der Waals surface area (Å²) in [6.07, 6.45) is -1.85. The Kier molecular flexibility index (Phi) is 6.52. The number of ether oxygens (including phenoxy) is 2. The van der Waals surface area contributed by atoms with E-state index in [2.05, 4.69) is 4.74 Å². The van der Waals surface area contributed by atoms with Crippen LogP contribution in [0.15, 0.2) is 35.5 Å². The van der Waals surface area contributed by atoms with E-state index >= 15 is 0 Å². The Labute approximate surface area is 183 Å². The van der Waals surface area contributed by atoms with Crippen LogP contribution < -0.4 is 10.1 Å². The van der Waals surface area contributed by atoms with Crippen LogP contribution >= 0.6 is 0 Å². The highest BCUT2D eigenvalue weighted by molar-refractivity contribution is 6.11. The van der Waals surface area contributed by atoms with E-state index in [9.17, 15) is 27.6 Å². The lowest BCUT2D eigenvalue weighted by Crippen LogP contribution is -2.66. The summed E-state index contributed by atoms with van der Waals surface area (Å²) in [5.41, 5.74) is -4.78. The van der Waals surface area contributed by atoms with Crippen molar-refractivity contribution < 1.29 is 37.0 Å². The number of hydrogen-bond acceptors (Lipinski definition) is 5. The molecule has 3 rings (SSSR count). The average Bonchev–Trinajstić information content (AvgIpc) is 3.00. The summed E-state index contributed by atoms with van der Waals surface area (Å²) in [4.78, 5) is 39.9. The molecular formula is C22H25F3N2O5. The van der Waals surface area contributed by atoms with Gasteiger partial charge in [0.25, 0.3) is 17.4 Å². The van der Waals surface area contributed by atoms with Crippen LogP contribution in [0.1, 0.15) is 49.4 Å². The number of nitrogens with zero attached hydrogens (tertiary/aromatic N) is 1. The van der Waals surface area contributed by atoms with Crippen LogP contribution in [0.4, 0.5) is 13.2 Å². The maximum absolute atomic E-state index is 14.6. The molecule has 1 heterocycles. The Morgan fingerprint density at radius 2 is 1.81 bits per heavy atom. The SMILES string of the molecule is COC(=O)C1=C(C)N(C2CCCCC2)C(=O)[C@@]1(NC(=O)c1cccc(OC)c1)C(F)(F)F. The second kappa shape index (κ2) is 8.84. The summed E-state index contributed by atoms with van der Waals surface area (Å²) in [5.74, 6) is -3.64. The van der Waals surface area contributed by atoms with Crippen molar-refractivity contribution in [2.24, 2.45) is 0 Å². The zero-order chi connectivity index (χ0) is 23.7. The molecule has 0 bridgehead atoms. The van der Waals surface area contributed by atoms with Crippen LogP contribution in [-0.4, -0.2) is 54.7 Å². The van der Waals surface area contributed by atoms with E-state index in [-0.39, 0.29) is 17.0 Å². The van der Waals surface area contributed by atoms with E-state index < -0.39 is 41.1 Å². The molecule has 2 aliphatic rings. The quantitative estimate of drug-likeness (QED) is 0.690. The van der Waals surface area contributed by atoms with Gasteiger partial charge in [-0.2, -0.15) is 13.2 Å². The molecule has 1 atom stereocenters. The molecule has 1 aliphatic carbocycles. The normalized spacial score (nSPS) is 22.2. The molecule has 2 amide bonds. The molecule has 0 saturated heterocycles. The topological polar surface area (TPSA) is 84.9 Å². The maximum Gasteiger partial charge on any atom is 0.425 e. The summed E-state index contributed by atoms with van der Waals surface area (Å²) < 4.78 is 53.5. The fourth-order valence-corrected chi connectivity index (χ4v) is 4.47.